The summed E-state index contributed by atoms with van der Waals surface area (Å²) in [6.45, 7) is 6.75. The second kappa shape index (κ2) is 15.3. The molecule has 2 heteroatoms. The number of esters is 1. The zero-order chi connectivity index (χ0) is 15.8. The zero-order valence-corrected chi connectivity index (χ0v) is 14.3. The first-order chi connectivity index (χ1) is 10.2. The Hall–Kier alpha value is -1.05. The van der Waals surface area contributed by atoms with Gasteiger partial charge in [-0.05, 0) is 32.6 Å². The van der Waals surface area contributed by atoms with E-state index in [1.165, 1.54) is 75.9 Å². The number of unbranched alkanes of at least 4 members (excludes halogenated alkanes) is 6. The molecule has 0 aromatic carbocycles. The third-order valence-electron chi connectivity index (χ3n) is 3.55. The van der Waals surface area contributed by atoms with Crippen LogP contribution in [-0.4, -0.2) is 12.6 Å². The summed E-state index contributed by atoms with van der Waals surface area (Å²) in [6.07, 6.45) is 18.2. The Morgan fingerprint density at radius 3 is 1.90 bits per heavy atom. The van der Waals surface area contributed by atoms with Crippen LogP contribution >= 0.6 is 0 Å². The summed E-state index contributed by atoms with van der Waals surface area (Å²) in [6, 6.07) is 0. The maximum absolute atomic E-state index is 11.3. The molecule has 0 rings (SSSR count). The first kappa shape index (κ1) is 19.9. The van der Waals surface area contributed by atoms with E-state index in [1.54, 1.807) is 0 Å². The van der Waals surface area contributed by atoms with Crippen LogP contribution < -0.4 is 0 Å². The fourth-order valence-electron chi connectivity index (χ4n) is 2.30. The molecule has 0 aromatic heterocycles. The Morgan fingerprint density at radius 2 is 1.43 bits per heavy atom. The number of ether oxygens (including phenoxy) is 1. The number of allylic oxidation sites excluding steroid dienone is 3. The molecule has 0 aliphatic heterocycles. The summed E-state index contributed by atoms with van der Waals surface area (Å²) in [5, 5.41) is 0. The van der Waals surface area contributed by atoms with Gasteiger partial charge in [0.25, 0.3) is 0 Å². The highest BCUT2D eigenvalue weighted by molar-refractivity contribution is 5.82. The van der Waals surface area contributed by atoms with E-state index in [2.05, 4.69) is 19.9 Å². The molecule has 0 saturated carbocycles. The molecular weight excluding hydrogens is 260 g/mol. The van der Waals surface area contributed by atoms with Crippen LogP contribution in [0.1, 0.15) is 85.0 Å². The molecule has 2 nitrogen and oxygen atoms in total. The smallest absolute Gasteiger partial charge is 0.330 e. The van der Waals surface area contributed by atoms with Crippen molar-refractivity contribution in [3.63, 3.8) is 0 Å². The third-order valence-corrected chi connectivity index (χ3v) is 3.55. The molecule has 21 heavy (non-hydrogen) atoms. The summed E-state index contributed by atoms with van der Waals surface area (Å²) >= 11 is 0. The Labute approximate surface area is 131 Å². The van der Waals surface area contributed by atoms with Crippen molar-refractivity contribution in [2.45, 2.75) is 85.0 Å². The fraction of sp³-hybridized carbons (Fsp3) is 0.737. The molecule has 0 heterocycles. The average molecular weight is 294 g/mol. The normalized spacial score (nSPS) is 10.8. The van der Waals surface area contributed by atoms with E-state index >= 15 is 0 Å². The average Bonchev–Trinajstić information content (AvgIpc) is 2.47. The van der Waals surface area contributed by atoms with Gasteiger partial charge in [-0.3, -0.25) is 0 Å². The Balaban J connectivity index is 4.22. The van der Waals surface area contributed by atoms with E-state index in [4.69, 9.17) is 4.74 Å². The molecule has 0 amide bonds. The maximum Gasteiger partial charge on any atom is 0.330 e. The monoisotopic (exact) mass is 294 g/mol. The number of carbonyl (C=O) groups excluding carboxylic acids is 1. The van der Waals surface area contributed by atoms with Crippen molar-refractivity contribution in [2.75, 3.05) is 6.61 Å². The molecule has 0 aromatic rings. The number of carbonyl (C=O) groups is 1. The molecule has 0 atom stereocenters. The summed E-state index contributed by atoms with van der Waals surface area (Å²) in [4.78, 5) is 11.3. The van der Waals surface area contributed by atoms with Gasteiger partial charge in [-0.15, -0.1) is 0 Å². The maximum atomic E-state index is 11.3. The summed E-state index contributed by atoms with van der Waals surface area (Å²) in [5.41, 5.74) is 1.47. The van der Waals surface area contributed by atoms with Crippen molar-refractivity contribution in [3.05, 3.63) is 23.8 Å². The molecule has 0 bridgehead atoms. The van der Waals surface area contributed by atoms with E-state index in [9.17, 15) is 4.79 Å². The lowest BCUT2D eigenvalue weighted by molar-refractivity contribution is -0.137. The molecule has 0 spiro atoms. The van der Waals surface area contributed by atoms with E-state index < -0.39 is 0 Å². The minimum absolute atomic E-state index is 0.245. The largest absolute Gasteiger partial charge is 0.463 e. The van der Waals surface area contributed by atoms with E-state index in [1.807, 2.05) is 13.0 Å². The van der Waals surface area contributed by atoms with E-state index in [-0.39, 0.29) is 5.97 Å². The van der Waals surface area contributed by atoms with Gasteiger partial charge in [0.2, 0.25) is 0 Å². The van der Waals surface area contributed by atoms with Gasteiger partial charge in [0.15, 0.2) is 0 Å². The van der Waals surface area contributed by atoms with Crippen LogP contribution in [0.25, 0.3) is 0 Å². The molecule has 0 radical (unpaired) electrons. The molecule has 122 valence electrons. The minimum Gasteiger partial charge on any atom is -0.463 e. The molecule has 0 unspecified atom stereocenters. The van der Waals surface area contributed by atoms with Gasteiger partial charge in [-0.25, -0.2) is 4.79 Å². The first-order valence-corrected chi connectivity index (χ1v) is 8.77. The van der Waals surface area contributed by atoms with Crippen molar-refractivity contribution >= 4 is 5.97 Å². The second-order valence-corrected chi connectivity index (χ2v) is 5.56. The van der Waals surface area contributed by atoms with Gasteiger partial charge < -0.3 is 4.74 Å². The predicted molar refractivity (Wildman–Crippen MR) is 91.4 cm³/mol. The standard InChI is InChI=1S/C19H34O2/c1-4-7-9-11-14-18(15-12-10-8-5-2)16-13-17-19(20)21-6-3/h13,16-17H,4-12,14-15H2,1-3H3/b17-13-. The number of hydrogen-bond acceptors (Lipinski definition) is 2. The van der Waals surface area contributed by atoms with Crippen molar-refractivity contribution in [1.82, 2.24) is 0 Å². The first-order valence-electron chi connectivity index (χ1n) is 8.77. The second-order valence-electron chi connectivity index (χ2n) is 5.56. The van der Waals surface area contributed by atoms with Crippen LogP contribution in [0.2, 0.25) is 0 Å². The number of rotatable bonds is 13. The van der Waals surface area contributed by atoms with Crippen molar-refractivity contribution in [1.29, 1.82) is 0 Å². The van der Waals surface area contributed by atoms with Gasteiger partial charge in [-0.1, -0.05) is 70.1 Å². The Morgan fingerprint density at radius 1 is 0.857 bits per heavy atom. The lowest BCUT2D eigenvalue weighted by Crippen LogP contribution is -1.98. The molecule has 0 saturated heterocycles. The van der Waals surface area contributed by atoms with Crippen molar-refractivity contribution in [3.8, 4) is 0 Å². The summed E-state index contributed by atoms with van der Waals surface area (Å²) in [5.74, 6) is -0.245. The van der Waals surface area contributed by atoms with Gasteiger partial charge in [0, 0.05) is 6.08 Å². The number of hydrogen-bond donors (Lipinski definition) is 0. The van der Waals surface area contributed by atoms with Crippen molar-refractivity contribution in [2.24, 2.45) is 0 Å². The molecule has 0 aliphatic rings. The summed E-state index contributed by atoms with van der Waals surface area (Å²) < 4.78 is 4.89. The van der Waals surface area contributed by atoms with E-state index in [0.29, 0.717) is 6.61 Å². The minimum atomic E-state index is -0.245. The lowest BCUT2D eigenvalue weighted by Gasteiger charge is -2.07. The topological polar surface area (TPSA) is 26.3 Å². The zero-order valence-electron chi connectivity index (χ0n) is 14.3. The predicted octanol–water partition coefficient (Wildman–Crippen LogP) is 5.97. The highest BCUT2D eigenvalue weighted by Gasteiger charge is 1.99. The van der Waals surface area contributed by atoms with Gasteiger partial charge in [-0.2, -0.15) is 0 Å². The quantitative estimate of drug-likeness (QED) is 0.181. The van der Waals surface area contributed by atoms with Crippen LogP contribution in [0, 0.1) is 0 Å². The molecule has 0 aliphatic carbocycles. The fourth-order valence-corrected chi connectivity index (χ4v) is 2.30. The Kier molecular flexibility index (Phi) is 14.6. The van der Waals surface area contributed by atoms with Crippen LogP contribution in [0.15, 0.2) is 23.8 Å². The molecule has 0 fully saturated rings. The SMILES string of the molecule is CCCCCCC(=C/C=C\C(=O)OCC)CCCCCC. The Bertz CT molecular complexity index is 289. The lowest BCUT2D eigenvalue weighted by atomic mass is 10.00. The van der Waals surface area contributed by atoms with Gasteiger partial charge in [0.05, 0.1) is 6.61 Å². The molecule has 0 N–H and O–H groups in total. The van der Waals surface area contributed by atoms with Gasteiger partial charge >= 0.3 is 5.97 Å². The van der Waals surface area contributed by atoms with Crippen molar-refractivity contribution < 1.29 is 9.53 Å². The summed E-state index contributed by atoms with van der Waals surface area (Å²) in [7, 11) is 0. The highest BCUT2D eigenvalue weighted by Crippen LogP contribution is 2.17. The highest BCUT2D eigenvalue weighted by atomic mass is 16.5. The molecular formula is C19H34O2. The third kappa shape index (κ3) is 13.7. The van der Waals surface area contributed by atoms with Gasteiger partial charge in [0.1, 0.15) is 0 Å². The van der Waals surface area contributed by atoms with Crippen LogP contribution in [0.3, 0.4) is 0 Å². The van der Waals surface area contributed by atoms with Crippen LogP contribution in [-0.2, 0) is 9.53 Å². The van der Waals surface area contributed by atoms with E-state index in [0.717, 1.165) is 0 Å². The van der Waals surface area contributed by atoms with Crippen LogP contribution in [0.5, 0.6) is 0 Å². The van der Waals surface area contributed by atoms with Crippen LogP contribution in [0.4, 0.5) is 0 Å².